The monoisotopic (exact) mass is 368 g/mol. The highest BCUT2D eigenvalue weighted by Gasteiger charge is 2.42. The van der Waals surface area contributed by atoms with E-state index in [0.29, 0.717) is 26.3 Å². The van der Waals surface area contributed by atoms with Gasteiger partial charge in [0.15, 0.2) is 0 Å². The van der Waals surface area contributed by atoms with Crippen molar-refractivity contribution >= 4 is 0 Å². The first-order valence-corrected chi connectivity index (χ1v) is 10.1. The molecule has 0 radical (unpaired) electrons. The minimum atomic E-state index is -0.0797. The fourth-order valence-electron chi connectivity index (χ4n) is 4.44. The average molecular weight is 369 g/mol. The minimum absolute atomic E-state index is 0.0797. The van der Waals surface area contributed by atoms with Gasteiger partial charge >= 0.3 is 0 Å². The number of hydrogen-bond acceptors (Lipinski definition) is 4. The summed E-state index contributed by atoms with van der Waals surface area (Å²) in [5, 5.41) is 0. The van der Waals surface area contributed by atoms with Crippen molar-refractivity contribution < 1.29 is 9.47 Å². The Hall–Kier alpha value is -2.04. The molecule has 0 atom stereocenters. The van der Waals surface area contributed by atoms with Crippen molar-refractivity contribution in [3.05, 3.63) is 47.5 Å². The molecule has 2 aromatic rings. The molecule has 0 bridgehead atoms. The maximum Gasteiger partial charge on any atom is 0.119 e. The summed E-state index contributed by atoms with van der Waals surface area (Å²) in [4.78, 5) is 0. The second kappa shape index (κ2) is 8.77. The summed E-state index contributed by atoms with van der Waals surface area (Å²) in [5.41, 5.74) is 17.0. The molecule has 4 nitrogen and oxygen atoms in total. The standard InChI is InChI=1S/C23H32N2O2/c1-3-26-17-7-9-19-20-10-8-18(27-4-2)16-22(20)23(11-5-13-24,12-6-14-25)21(19)15-17/h7-10,15-16H,3-6,11-14,24-25H2,1-2H3. The molecular weight excluding hydrogens is 336 g/mol. The second-order valence-corrected chi connectivity index (χ2v) is 7.15. The Labute approximate surface area is 162 Å². The molecule has 4 N–H and O–H groups in total. The van der Waals surface area contributed by atoms with E-state index in [1.807, 2.05) is 13.8 Å². The number of fused-ring (bicyclic) bond motifs is 3. The SMILES string of the molecule is CCOc1ccc2c(c1)C(CCCN)(CCCN)c1cc(OCC)ccc1-2. The predicted molar refractivity (Wildman–Crippen MR) is 112 cm³/mol. The van der Waals surface area contributed by atoms with Gasteiger partial charge in [-0.25, -0.2) is 0 Å². The first-order valence-electron chi connectivity index (χ1n) is 10.1. The lowest BCUT2D eigenvalue weighted by Gasteiger charge is -2.33. The van der Waals surface area contributed by atoms with Crippen molar-refractivity contribution in [1.82, 2.24) is 0 Å². The van der Waals surface area contributed by atoms with E-state index in [-0.39, 0.29) is 5.41 Å². The third kappa shape index (κ3) is 3.69. The zero-order valence-corrected chi connectivity index (χ0v) is 16.6. The Morgan fingerprint density at radius 1 is 0.741 bits per heavy atom. The Bertz CT molecular complexity index is 707. The molecule has 0 amide bonds. The molecule has 1 aliphatic carbocycles. The summed E-state index contributed by atoms with van der Waals surface area (Å²) < 4.78 is 11.6. The quantitative estimate of drug-likeness (QED) is 0.658. The average Bonchev–Trinajstić information content (AvgIpc) is 2.94. The van der Waals surface area contributed by atoms with E-state index in [1.54, 1.807) is 0 Å². The van der Waals surface area contributed by atoms with Crippen LogP contribution >= 0.6 is 0 Å². The number of hydrogen-bond donors (Lipinski definition) is 2. The Balaban J connectivity index is 2.18. The Morgan fingerprint density at radius 2 is 1.19 bits per heavy atom. The Morgan fingerprint density at radius 3 is 1.56 bits per heavy atom. The Kier molecular flexibility index (Phi) is 6.40. The lowest BCUT2D eigenvalue weighted by Crippen LogP contribution is -2.27. The van der Waals surface area contributed by atoms with Crippen molar-refractivity contribution in [2.24, 2.45) is 11.5 Å². The van der Waals surface area contributed by atoms with Gasteiger partial charge in [0.05, 0.1) is 13.2 Å². The molecule has 0 heterocycles. The zero-order chi connectivity index (χ0) is 19.3. The number of rotatable bonds is 10. The van der Waals surface area contributed by atoms with Crippen molar-refractivity contribution in [2.45, 2.75) is 44.9 Å². The van der Waals surface area contributed by atoms with Crippen LogP contribution in [0.3, 0.4) is 0 Å². The zero-order valence-electron chi connectivity index (χ0n) is 16.6. The molecule has 2 aromatic carbocycles. The summed E-state index contributed by atoms with van der Waals surface area (Å²) in [6.45, 7) is 6.74. The molecule has 0 saturated carbocycles. The van der Waals surface area contributed by atoms with Crippen LogP contribution in [0, 0.1) is 0 Å². The van der Waals surface area contributed by atoms with Crippen molar-refractivity contribution in [2.75, 3.05) is 26.3 Å². The first kappa shape index (κ1) is 19.7. The lowest BCUT2D eigenvalue weighted by atomic mass is 9.71. The molecule has 3 rings (SSSR count). The molecule has 27 heavy (non-hydrogen) atoms. The molecule has 0 unspecified atom stereocenters. The second-order valence-electron chi connectivity index (χ2n) is 7.15. The van der Waals surface area contributed by atoms with Crippen LogP contribution in [0.5, 0.6) is 11.5 Å². The van der Waals surface area contributed by atoms with Crippen molar-refractivity contribution in [1.29, 1.82) is 0 Å². The molecule has 1 aliphatic rings. The van der Waals surface area contributed by atoms with Crippen LogP contribution in [-0.2, 0) is 5.41 Å². The minimum Gasteiger partial charge on any atom is -0.494 e. The van der Waals surface area contributed by atoms with Crippen LogP contribution in [0.1, 0.15) is 50.7 Å². The van der Waals surface area contributed by atoms with E-state index in [1.165, 1.54) is 22.3 Å². The molecule has 146 valence electrons. The first-order chi connectivity index (χ1) is 13.2. The van der Waals surface area contributed by atoms with Gasteiger partial charge in [0, 0.05) is 5.41 Å². The van der Waals surface area contributed by atoms with Gasteiger partial charge in [-0.2, -0.15) is 0 Å². The van der Waals surface area contributed by atoms with Gasteiger partial charge in [-0.15, -0.1) is 0 Å². The maximum absolute atomic E-state index is 5.92. The highest BCUT2D eigenvalue weighted by molar-refractivity contribution is 5.82. The summed E-state index contributed by atoms with van der Waals surface area (Å²) in [6, 6.07) is 13.0. The predicted octanol–water partition coefficient (Wildman–Crippen LogP) is 4.23. The largest absolute Gasteiger partial charge is 0.494 e. The van der Waals surface area contributed by atoms with Crippen LogP contribution in [0.15, 0.2) is 36.4 Å². The highest BCUT2D eigenvalue weighted by Crippen LogP contribution is 2.55. The van der Waals surface area contributed by atoms with E-state index in [4.69, 9.17) is 20.9 Å². The summed E-state index contributed by atoms with van der Waals surface area (Å²) in [5.74, 6) is 1.86. The fraction of sp³-hybridized carbons (Fsp3) is 0.478. The summed E-state index contributed by atoms with van der Waals surface area (Å²) in [6.07, 6.45) is 3.96. The number of nitrogens with two attached hydrogens (primary N) is 2. The third-order valence-corrected chi connectivity index (χ3v) is 5.54. The van der Waals surface area contributed by atoms with Crippen LogP contribution in [0.2, 0.25) is 0 Å². The van der Waals surface area contributed by atoms with E-state index < -0.39 is 0 Å². The fourth-order valence-corrected chi connectivity index (χ4v) is 4.44. The van der Waals surface area contributed by atoms with Gasteiger partial charge < -0.3 is 20.9 Å². The van der Waals surface area contributed by atoms with Gasteiger partial charge in [-0.3, -0.25) is 0 Å². The van der Waals surface area contributed by atoms with Gasteiger partial charge in [-0.05, 0) is 99.1 Å². The number of benzene rings is 2. The normalized spacial score (nSPS) is 13.9. The smallest absolute Gasteiger partial charge is 0.119 e. The molecule has 0 aromatic heterocycles. The van der Waals surface area contributed by atoms with Gasteiger partial charge in [0.25, 0.3) is 0 Å². The number of ether oxygens (including phenoxy) is 2. The summed E-state index contributed by atoms with van der Waals surface area (Å²) in [7, 11) is 0. The van der Waals surface area contributed by atoms with E-state index >= 15 is 0 Å². The van der Waals surface area contributed by atoms with Crippen LogP contribution < -0.4 is 20.9 Å². The van der Waals surface area contributed by atoms with Crippen LogP contribution in [0.4, 0.5) is 0 Å². The highest BCUT2D eigenvalue weighted by atomic mass is 16.5. The van der Waals surface area contributed by atoms with Gasteiger partial charge in [0.1, 0.15) is 11.5 Å². The van der Waals surface area contributed by atoms with Crippen LogP contribution in [0.25, 0.3) is 11.1 Å². The van der Waals surface area contributed by atoms with E-state index in [0.717, 1.165) is 37.2 Å². The van der Waals surface area contributed by atoms with Crippen LogP contribution in [-0.4, -0.2) is 26.3 Å². The van der Waals surface area contributed by atoms with Crippen molar-refractivity contribution in [3.63, 3.8) is 0 Å². The third-order valence-electron chi connectivity index (χ3n) is 5.54. The molecule has 0 aliphatic heterocycles. The van der Waals surface area contributed by atoms with Gasteiger partial charge in [0.2, 0.25) is 0 Å². The lowest BCUT2D eigenvalue weighted by molar-refractivity contribution is 0.336. The van der Waals surface area contributed by atoms with E-state index in [2.05, 4.69) is 36.4 Å². The summed E-state index contributed by atoms with van der Waals surface area (Å²) >= 11 is 0. The molecule has 0 fully saturated rings. The van der Waals surface area contributed by atoms with Crippen molar-refractivity contribution in [3.8, 4) is 22.6 Å². The van der Waals surface area contributed by atoms with E-state index in [9.17, 15) is 0 Å². The molecule has 4 heteroatoms. The topological polar surface area (TPSA) is 70.5 Å². The molecular formula is C23H32N2O2. The van der Waals surface area contributed by atoms with Gasteiger partial charge in [-0.1, -0.05) is 12.1 Å². The molecule has 0 saturated heterocycles. The molecule has 0 spiro atoms. The maximum atomic E-state index is 5.92.